The molecule has 15 heavy (non-hydrogen) atoms. The summed E-state index contributed by atoms with van der Waals surface area (Å²) in [6.07, 6.45) is 1.26. The van der Waals surface area contributed by atoms with E-state index in [0.717, 1.165) is 0 Å². The molecule has 86 valence electrons. The van der Waals surface area contributed by atoms with Crippen molar-refractivity contribution in [3.63, 3.8) is 0 Å². The molecule has 1 aliphatic carbocycles. The molecular formula is C10H19N3O2. The third kappa shape index (κ3) is 2.68. The van der Waals surface area contributed by atoms with Gasteiger partial charge in [-0.15, -0.1) is 0 Å². The second kappa shape index (κ2) is 3.81. The Kier molecular flexibility index (Phi) is 3.04. The second-order valence-electron chi connectivity index (χ2n) is 4.83. The normalized spacial score (nSPS) is 18.1. The summed E-state index contributed by atoms with van der Waals surface area (Å²) in [6, 6.07) is 0. The minimum Gasteiger partial charge on any atom is -0.358 e. The van der Waals surface area contributed by atoms with Crippen molar-refractivity contribution in [3.8, 4) is 0 Å². The SMILES string of the molecule is CNC(=O)C1(C(=O)NCC(C)(C)N)CC1. The van der Waals surface area contributed by atoms with Gasteiger partial charge in [-0.3, -0.25) is 9.59 Å². The molecule has 0 bridgehead atoms. The molecule has 0 radical (unpaired) electrons. The number of rotatable bonds is 4. The summed E-state index contributed by atoms with van der Waals surface area (Å²) in [5.41, 5.74) is 4.47. The van der Waals surface area contributed by atoms with Crippen LogP contribution in [0.3, 0.4) is 0 Å². The van der Waals surface area contributed by atoms with Crippen LogP contribution >= 0.6 is 0 Å². The van der Waals surface area contributed by atoms with Gasteiger partial charge >= 0.3 is 0 Å². The number of nitrogens with two attached hydrogens (primary N) is 1. The van der Waals surface area contributed by atoms with Gasteiger partial charge < -0.3 is 16.4 Å². The Labute approximate surface area is 89.8 Å². The molecule has 0 atom stereocenters. The van der Waals surface area contributed by atoms with E-state index >= 15 is 0 Å². The maximum absolute atomic E-state index is 11.7. The lowest BCUT2D eigenvalue weighted by atomic mass is 10.0. The van der Waals surface area contributed by atoms with E-state index in [4.69, 9.17) is 5.73 Å². The highest BCUT2D eigenvalue weighted by Crippen LogP contribution is 2.45. The van der Waals surface area contributed by atoms with Crippen molar-refractivity contribution in [1.82, 2.24) is 10.6 Å². The zero-order valence-corrected chi connectivity index (χ0v) is 9.52. The van der Waals surface area contributed by atoms with E-state index in [0.29, 0.717) is 19.4 Å². The first-order chi connectivity index (χ1) is 6.82. The van der Waals surface area contributed by atoms with Crippen LogP contribution in [-0.2, 0) is 9.59 Å². The second-order valence-corrected chi connectivity index (χ2v) is 4.83. The fourth-order valence-electron chi connectivity index (χ4n) is 1.40. The van der Waals surface area contributed by atoms with Gasteiger partial charge in [-0.25, -0.2) is 0 Å². The molecule has 5 heteroatoms. The van der Waals surface area contributed by atoms with Crippen LogP contribution in [0.15, 0.2) is 0 Å². The minimum absolute atomic E-state index is 0.199. The fourth-order valence-corrected chi connectivity index (χ4v) is 1.40. The first kappa shape index (κ1) is 12.0. The molecule has 0 heterocycles. The predicted octanol–water partition coefficient (Wildman–Crippen LogP) is -0.634. The monoisotopic (exact) mass is 213 g/mol. The smallest absolute Gasteiger partial charge is 0.235 e. The number of hydrogen-bond acceptors (Lipinski definition) is 3. The summed E-state index contributed by atoms with van der Waals surface area (Å²) in [4.78, 5) is 23.2. The minimum atomic E-state index is -0.819. The molecule has 0 spiro atoms. The van der Waals surface area contributed by atoms with Crippen molar-refractivity contribution in [2.24, 2.45) is 11.1 Å². The summed E-state index contributed by atoms with van der Waals surface area (Å²) in [5.74, 6) is -0.407. The molecule has 0 aromatic rings. The van der Waals surface area contributed by atoms with Crippen LogP contribution in [0.5, 0.6) is 0 Å². The maximum Gasteiger partial charge on any atom is 0.235 e. The zero-order valence-electron chi connectivity index (χ0n) is 9.52. The topological polar surface area (TPSA) is 84.2 Å². The molecule has 0 saturated heterocycles. The summed E-state index contributed by atoms with van der Waals surface area (Å²) in [6.45, 7) is 4.03. The Morgan fingerprint density at radius 1 is 1.33 bits per heavy atom. The first-order valence-electron chi connectivity index (χ1n) is 5.11. The number of nitrogens with one attached hydrogen (secondary N) is 2. The van der Waals surface area contributed by atoms with E-state index in [2.05, 4.69) is 10.6 Å². The Bertz CT molecular complexity index is 277. The van der Waals surface area contributed by atoms with Crippen LogP contribution in [-0.4, -0.2) is 30.9 Å². The average Bonchev–Trinajstić information content (AvgIpc) is 2.92. The van der Waals surface area contributed by atoms with Crippen molar-refractivity contribution in [2.75, 3.05) is 13.6 Å². The van der Waals surface area contributed by atoms with Crippen LogP contribution in [0, 0.1) is 5.41 Å². The van der Waals surface area contributed by atoms with Crippen LogP contribution in [0.25, 0.3) is 0 Å². The standard InChI is InChI=1S/C10H19N3O2/c1-9(2,11)6-13-8(15)10(4-5-10)7(14)12-3/h4-6,11H2,1-3H3,(H,12,14)(H,13,15). The summed E-state index contributed by atoms with van der Waals surface area (Å²) in [7, 11) is 1.54. The molecule has 0 unspecified atom stereocenters. The largest absolute Gasteiger partial charge is 0.358 e. The maximum atomic E-state index is 11.7. The Morgan fingerprint density at radius 3 is 2.20 bits per heavy atom. The summed E-state index contributed by atoms with van der Waals surface area (Å²) in [5, 5.41) is 5.23. The van der Waals surface area contributed by atoms with E-state index < -0.39 is 11.0 Å². The van der Waals surface area contributed by atoms with E-state index in [-0.39, 0.29) is 11.8 Å². The molecule has 1 saturated carbocycles. The zero-order chi connectivity index (χ0) is 11.7. The van der Waals surface area contributed by atoms with E-state index in [1.807, 2.05) is 13.8 Å². The third-order valence-electron chi connectivity index (χ3n) is 2.55. The predicted molar refractivity (Wildman–Crippen MR) is 57.0 cm³/mol. The van der Waals surface area contributed by atoms with Gasteiger partial charge in [0, 0.05) is 19.1 Å². The highest BCUT2D eigenvalue weighted by Gasteiger charge is 2.56. The lowest BCUT2D eigenvalue weighted by Crippen LogP contribution is -2.49. The van der Waals surface area contributed by atoms with E-state index in [9.17, 15) is 9.59 Å². The van der Waals surface area contributed by atoms with Gasteiger partial charge in [0.05, 0.1) is 0 Å². The number of amides is 2. The van der Waals surface area contributed by atoms with Crippen LogP contribution in [0.1, 0.15) is 26.7 Å². The lowest BCUT2D eigenvalue weighted by molar-refractivity contribution is -0.137. The average molecular weight is 213 g/mol. The molecule has 1 rings (SSSR count). The van der Waals surface area contributed by atoms with Crippen molar-refractivity contribution in [1.29, 1.82) is 0 Å². The number of carbonyl (C=O) groups excluding carboxylic acids is 2. The van der Waals surface area contributed by atoms with E-state index in [1.54, 1.807) is 7.05 Å². The third-order valence-corrected chi connectivity index (χ3v) is 2.55. The van der Waals surface area contributed by atoms with Crippen LogP contribution in [0.4, 0.5) is 0 Å². The summed E-state index contributed by atoms with van der Waals surface area (Å²) >= 11 is 0. The molecule has 0 aromatic carbocycles. The van der Waals surface area contributed by atoms with Gasteiger partial charge in [-0.2, -0.15) is 0 Å². The molecule has 1 aliphatic rings. The molecule has 4 N–H and O–H groups in total. The molecule has 0 aromatic heterocycles. The van der Waals surface area contributed by atoms with Gasteiger partial charge in [0.15, 0.2) is 0 Å². The molecule has 1 fully saturated rings. The Hall–Kier alpha value is -1.10. The number of hydrogen-bond donors (Lipinski definition) is 3. The van der Waals surface area contributed by atoms with Crippen molar-refractivity contribution >= 4 is 11.8 Å². The fraction of sp³-hybridized carbons (Fsp3) is 0.800. The van der Waals surface area contributed by atoms with Gasteiger partial charge in [0.1, 0.15) is 5.41 Å². The van der Waals surface area contributed by atoms with Crippen LogP contribution < -0.4 is 16.4 Å². The first-order valence-corrected chi connectivity index (χ1v) is 5.11. The summed E-state index contributed by atoms with van der Waals surface area (Å²) < 4.78 is 0. The Balaban J connectivity index is 2.51. The molecule has 5 nitrogen and oxygen atoms in total. The quantitative estimate of drug-likeness (QED) is 0.543. The van der Waals surface area contributed by atoms with Crippen molar-refractivity contribution < 1.29 is 9.59 Å². The van der Waals surface area contributed by atoms with Gasteiger partial charge in [0.2, 0.25) is 11.8 Å². The Morgan fingerprint density at radius 2 is 1.87 bits per heavy atom. The highest BCUT2D eigenvalue weighted by molar-refractivity contribution is 6.07. The van der Waals surface area contributed by atoms with Gasteiger partial charge in [-0.05, 0) is 26.7 Å². The lowest BCUT2D eigenvalue weighted by Gasteiger charge is -2.21. The molecule has 0 aliphatic heterocycles. The van der Waals surface area contributed by atoms with Crippen molar-refractivity contribution in [3.05, 3.63) is 0 Å². The van der Waals surface area contributed by atoms with Crippen LogP contribution in [0.2, 0.25) is 0 Å². The van der Waals surface area contributed by atoms with E-state index in [1.165, 1.54) is 0 Å². The van der Waals surface area contributed by atoms with Gasteiger partial charge in [0.25, 0.3) is 0 Å². The highest BCUT2D eigenvalue weighted by atomic mass is 16.2. The number of carbonyl (C=O) groups is 2. The molecular weight excluding hydrogens is 194 g/mol. The molecule has 2 amide bonds. The van der Waals surface area contributed by atoms with Gasteiger partial charge in [-0.1, -0.05) is 0 Å². The van der Waals surface area contributed by atoms with Crippen molar-refractivity contribution in [2.45, 2.75) is 32.2 Å².